The number of aromatic nitrogens is 1. The van der Waals surface area contributed by atoms with Gasteiger partial charge in [0, 0.05) is 17.2 Å². The lowest BCUT2D eigenvalue weighted by atomic mass is 10.2. The van der Waals surface area contributed by atoms with Crippen LogP contribution in [-0.4, -0.2) is 22.7 Å². The van der Waals surface area contributed by atoms with Gasteiger partial charge in [-0.2, -0.15) is 0 Å². The SMILES string of the molecule is CCC(O)CCNc1ncc(Br)cc1Cl. The highest BCUT2D eigenvalue weighted by atomic mass is 79.9. The number of pyridine rings is 1. The molecule has 0 aliphatic carbocycles. The summed E-state index contributed by atoms with van der Waals surface area (Å²) in [5.74, 6) is 0.656. The van der Waals surface area contributed by atoms with E-state index in [4.69, 9.17) is 11.6 Å². The van der Waals surface area contributed by atoms with Crippen LogP contribution in [-0.2, 0) is 0 Å². The zero-order valence-electron chi connectivity index (χ0n) is 8.50. The van der Waals surface area contributed by atoms with Crippen LogP contribution in [0, 0.1) is 0 Å². The number of anilines is 1. The van der Waals surface area contributed by atoms with E-state index in [1.165, 1.54) is 0 Å². The molecule has 1 aromatic heterocycles. The highest BCUT2D eigenvalue weighted by molar-refractivity contribution is 9.10. The van der Waals surface area contributed by atoms with Gasteiger partial charge in [-0.05, 0) is 34.8 Å². The van der Waals surface area contributed by atoms with Crippen molar-refractivity contribution in [2.75, 3.05) is 11.9 Å². The first-order valence-electron chi connectivity index (χ1n) is 4.86. The number of nitrogens with zero attached hydrogens (tertiary/aromatic N) is 1. The molecule has 0 saturated carbocycles. The first-order chi connectivity index (χ1) is 7.13. The summed E-state index contributed by atoms with van der Waals surface area (Å²) < 4.78 is 0.853. The van der Waals surface area contributed by atoms with Crippen LogP contribution in [0.2, 0.25) is 5.02 Å². The number of nitrogens with one attached hydrogen (secondary N) is 1. The van der Waals surface area contributed by atoms with Gasteiger partial charge >= 0.3 is 0 Å². The fraction of sp³-hybridized carbons (Fsp3) is 0.500. The van der Waals surface area contributed by atoms with Gasteiger partial charge in [-0.25, -0.2) is 4.98 Å². The summed E-state index contributed by atoms with van der Waals surface area (Å²) in [6, 6.07) is 1.78. The molecule has 0 aromatic carbocycles. The molecule has 1 heterocycles. The molecule has 1 rings (SSSR count). The molecule has 1 unspecified atom stereocenters. The quantitative estimate of drug-likeness (QED) is 0.877. The molecule has 0 radical (unpaired) electrons. The molecule has 1 atom stereocenters. The van der Waals surface area contributed by atoms with Gasteiger partial charge in [0.15, 0.2) is 0 Å². The van der Waals surface area contributed by atoms with Gasteiger partial charge in [-0.1, -0.05) is 18.5 Å². The zero-order chi connectivity index (χ0) is 11.3. The average Bonchev–Trinajstić information content (AvgIpc) is 2.21. The molecular formula is C10H14BrClN2O. The first-order valence-corrected chi connectivity index (χ1v) is 6.03. The number of hydrogen-bond acceptors (Lipinski definition) is 3. The second-order valence-electron chi connectivity index (χ2n) is 3.26. The largest absolute Gasteiger partial charge is 0.393 e. The summed E-state index contributed by atoms with van der Waals surface area (Å²) in [6.45, 7) is 2.62. The molecule has 15 heavy (non-hydrogen) atoms. The minimum Gasteiger partial charge on any atom is -0.393 e. The normalized spacial score (nSPS) is 12.5. The Bertz CT molecular complexity index is 322. The molecular weight excluding hydrogens is 279 g/mol. The van der Waals surface area contributed by atoms with E-state index >= 15 is 0 Å². The van der Waals surface area contributed by atoms with Crippen molar-refractivity contribution in [3.05, 3.63) is 21.8 Å². The van der Waals surface area contributed by atoms with Crippen LogP contribution in [0.3, 0.4) is 0 Å². The lowest BCUT2D eigenvalue weighted by molar-refractivity contribution is 0.164. The van der Waals surface area contributed by atoms with E-state index in [0.717, 1.165) is 10.9 Å². The second-order valence-corrected chi connectivity index (χ2v) is 4.58. The Balaban J connectivity index is 2.44. The van der Waals surface area contributed by atoms with E-state index in [2.05, 4.69) is 26.2 Å². The minimum absolute atomic E-state index is 0.258. The lowest BCUT2D eigenvalue weighted by Crippen LogP contribution is -2.12. The van der Waals surface area contributed by atoms with Crippen molar-refractivity contribution in [3.8, 4) is 0 Å². The van der Waals surface area contributed by atoms with Crippen LogP contribution in [0.15, 0.2) is 16.7 Å². The van der Waals surface area contributed by atoms with Gasteiger partial charge in [0.25, 0.3) is 0 Å². The van der Waals surface area contributed by atoms with Crippen LogP contribution in [0.25, 0.3) is 0 Å². The first kappa shape index (κ1) is 12.7. The van der Waals surface area contributed by atoms with Crippen molar-refractivity contribution in [2.45, 2.75) is 25.9 Å². The van der Waals surface area contributed by atoms with Crippen molar-refractivity contribution in [1.29, 1.82) is 0 Å². The van der Waals surface area contributed by atoms with E-state index in [0.29, 0.717) is 23.8 Å². The van der Waals surface area contributed by atoms with Gasteiger partial charge in [0.2, 0.25) is 0 Å². The third-order valence-electron chi connectivity index (χ3n) is 2.05. The van der Waals surface area contributed by atoms with Gasteiger partial charge < -0.3 is 10.4 Å². The molecule has 0 spiro atoms. The Kier molecular flexibility index (Phi) is 5.36. The van der Waals surface area contributed by atoms with Crippen LogP contribution in [0.1, 0.15) is 19.8 Å². The Morgan fingerprint density at radius 1 is 1.67 bits per heavy atom. The van der Waals surface area contributed by atoms with E-state index in [-0.39, 0.29) is 6.10 Å². The van der Waals surface area contributed by atoms with E-state index in [9.17, 15) is 5.11 Å². The molecule has 84 valence electrons. The predicted molar refractivity (Wildman–Crippen MR) is 66.4 cm³/mol. The summed E-state index contributed by atoms with van der Waals surface area (Å²) >= 11 is 9.25. The van der Waals surface area contributed by atoms with Gasteiger partial charge in [-0.3, -0.25) is 0 Å². The van der Waals surface area contributed by atoms with Crippen molar-refractivity contribution in [1.82, 2.24) is 4.98 Å². The van der Waals surface area contributed by atoms with E-state index < -0.39 is 0 Å². The number of halogens is 2. The predicted octanol–water partition coefficient (Wildman–Crippen LogP) is 3.07. The second kappa shape index (κ2) is 6.30. The smallest absolute Gasteiger partial charge is 0.144 e. The van der Waals surface area contributed by atoms with Crippen molar-refractivity contribution >= 4 is 33.3 Å². The summed E-state index contributed by atoms with van der Waals surface area (Å²) in [7, 11) is 0. The molecule has 1 aromatic rings. The third-order valence-corrected chi connectivity index (χ3v) is 2.77. The number of aliphatic hydroxyl groups excluding tert-OH is 1. The summed E-state index contributed by atoms with van der Waals surface area (Å²) in [5, 5.41) is 13.0. The highest BCUT2D eigenvalue weighted by Crippen LogP contribution is 2.22. The van der Waals surface area contributed by atoms with Gasteiger partial charge in [-0.15, -0.1) is 0 Å². The lowest BCUT2D eigenvalue weighted by Gasteiger charge is -2.10. The summed E-state index contributed by atoms with van der Waals surface area (Å²) in [5.41, 5.74) is 0. The van der Waals surface area contributed by atoms with E-state index in [1.54, 1.807) is 12.3 Å². The Hall–Kier alpha value is -0.320. The van der Waals surface area contributed by atoms with Crippen LogP contribution in [0.4, 0.5) is 5.82 Å². The fourth-order valence-corrected chi connectivity index (χ4v) is 1.80. The van der Waals surface area contributed by atoms with Gasteiger partial charge in [0.1, 0.15) is 5.82 Å². The molecule has 3 nitrogen and oxygen atoms in total. The van der Waals surface area contributed by atoms with Crippen molar-refractivity contribution in [2.24, 2.45) is 0 Å². The topological polar surface area (TPSA) is 45.1 Å². The Morgan fingerprint density at radius 2 is 2.40 bits per heavy atom. The van der Waals surface area contributed by atoms with Crippen molar-refractivity contribution in [3.63, 3.8) is 0 Å². The maximum Gasteiger partial charge on any atom is 0.144 e. The molecule has 2 N–H and O–H groups in total. The number of aliphatic hydroxyl groups is 1. The van der Waals surface area contributed by atoms with Crippen LogP contribution < -0.4 is 5.32 Å². The number of rotatable bonds is 5. The third kappa shape index (κ3) is 4.36. The summed E-state index contributed by atoms with van der Waals surface area (Å²) in [6.07, 6.45) is 2.89. The van der Waals surface area contributed by atoms with Crippen molar-refractivity contribution < 1.29 is 5.11 Å². The minimum atomic E-state index is -0.258. The maximum absolute atomic E-state index is 9.35. The van der Waals surface area contributed by atoms with Gasteiger partial charge in [0.05, 0.1) is 11.1 Å². The number of hydrogen-bond donors (Lipinski definition) is 2. The monoisotopic (exact) mass is 292 g/mol. The molecule has 0 bridgehead atoms. The molecule has 0 aliphatic rings. The molecule has 0 saturated heterocycles. The molecule has 0 aliphatic heterocycles. The summed E-state index contributed by atoms with van der Waals surface area (Å²) in [4.78, 5) is 4.13. The Labute approximate surface area is 103 Å². The average molecular weight is 294 g/mol. The fourth-order valence-electron chi connectivity index (χ4n) is 1.11. The van der Waals surface area contributed by atoms with Crippen LogP contribution >= 0.6 is 27.5 Å². The molecule has 5 heteroatoms. The maximum atomic E-state index is 9.35. The molecule has 0 fully saturated rings. The standard InChI is InChI=1S/C10H14BrClN2O/c1-2-8(15)3-4-13-10-9(12)5-7(11)6-14-10/h5-6,8,15H,2-4H2,1H3,(H,13,14). The van der Waals surface area contributed by atoms with E-state index in [1.807, 2.05) is 6.92 Å². The van der Waals surface area contributed by atoms with Crippen LogP contribution in [0.5, 0.6) is 0 Å². The highest BCUT2D eigenvalue weighted by Gasteiger charge is 2.03. The molecule has 0 amide bonds. The Morgan fingerprint density at radius 3 is 3.00 bits per heavy atom. The zero-order valence-corrected chi connectivity index (χ0v) is 10.8.